The number of halogens is 1. The van der Waals surface area contributed by atoms with Crippen LogP contribution in [0.1, 0.15) is 68.1 Å². The molecule has 3 rings (SSSR count). The molecule has 2 aliphatic carbocycles. The average molecular weight is 472 g/mol. The number of sulfone groups is 1. The highest BCUT2D eigenvalue weighted by Crippen LogP contribution is 2.48. The van der Waals surface area contributed by atoms with Gasteiger partial charge in [0.15, 0.2) is 9.84 Å². The van der Waals surface area contributed by atoms with Crippen LogP contribution >= 0.6 is 11.6 Å². The highest BCUT2D eigenvalue weighted by Gasteiger charge is 2.39. The van der Waals surface area contributed by atoms with Crippen LogP contribution in [0.25, 0.3) is 0 Å². The van der Waals surface area contributed by atoms with Crippen LogP contribution in [0.5, 0.6) is 5.75 Å². The molecule has 2 saturated carbocycles. The second kappa shape index (κ2) is 11.0. The number of fused-ring (bicyclic) bond motifs is 2. The number of carbonyl (C=O) groups is 1. The minimum atomic E-state index is -3.18. The Labute approximate surface area is 190 Å². The number of carbonyl (C=O) groups excluding carboxylic acids is 1. The van der Waals surface area contributed by atoms with Crippen molar-refractivity contribution >= 4 is 27.3 Å². The summed E-state index contributed by atoms with van der Waals surface area (Å²) in [6, 6.07) is 4.95. The monoisotopic (exact) mass is 471 g/mol. The third-order valence-corrected chi connectivity index (χ3v) is 8.80. The maximum atomic E-state index is 12.8. The summed E-state index contributed by atoms with van der Waals surface area (Å²) in [7, 11) is -3.18. The third kappa shape index (κ3) is 7.09. The molecule has 6 nitrogen and oxygen atoms in total. The van der Waals surface area contributed by atoms with Crippen molar-refractivity contribution in [1.29, 1.82) is 0 Å². The molecule has 0 radical (unpaired) electrons. The molecule has 31 heavy (non-hydrogen) atoms. The molecule has 1 amide bonds. The van der Waals surface area contributed by atoms with E-state index in [-0.39, 0.29) is 42.5 Å². The smallest absolute Gasteiger partial charge is 0.252 e. The zero-order valence-corrected chi connectivity index (χ0v) is 19.6. The summed E-state index contributed by atoms with van der Waals surface area (Å²) in [4.78, 5) is 12.8. The molecule has 2 N–H and O–H groups in total. The quantitative estimate of drug-likeness (QED) is 0.476. The molecule has 0 spiro atoms. The van der Waals surface area contributed by atoms with Crippen molar-refractivity contribution in [3.63, 3.8) is 0 Å². The highest BCUT2D eigenvalue weighted by molar-refractivity contribution is 7.91. The summed E-state index contributed by atoms with van der Waals surface area (Å²) < 4.78 is 29.3. The number of hydrogen-bond donors (Lipinski definition) is 2. The third-order valence-electron chi connectivity index (χ3n) is 6.65. The Kier molecular flexibility index (Phi) is 8.65. The number of ether oxygens (including phenoxy) is 1. The fourth-order valence-corrected chi connectivity index (χ4v) is 6.59. The van der Waals surface area contributed by atoms with E-state index in [9.17, 15) is 13.2 Å². The lowest BCUT2D eigenvalue weighted by atomic mass is 9.62. The van der Waals surface area contributed by atoms with Gasteiger partial charge in [0, 0.05) is 13.2 Å². The second-order valence-corrected chi connectivity index (χ2v) is 11.8. The van der Waals surface area contributed by atoms with Crippen LogP contribution < -0.4 is 10.1 Å². The lowest BCUT2D eigenvalue weighted by Crippen LogP contribution is -2.43. The second-order valence-electron chi connectivity index (χ2n) is 9.11. The Balaban J connectivity index is 1.51. The molecule has 174 valence electrons. The number of hydrogen-bond acceptors (Lipinski definition) is 5. The van der Waals surface area contributed by atoms with E-state index in [4.69, 9.17) is 21.4 Å². The first-order valence-corrected chi connectivity index (χ1v) is 13.5. The fraction of sp³-hybridized carbons (Fsp3) is 0.696. The molecule has 0 saturated heterocycles. The Morgan fingerprint density at radius 1 is 1.19 bits per heavy atom. The first kappa shape index (κ1) is 24.3. The van der Waals surface area contributed by atoms with Gasteiger partial charge in [-0.2, -0.15) is 0 Å². The van der Waals surface area contributed by atoms with E-state index in [1.165, 1.54) is 44.9 Å². The van der Waals surface area contributed by atoms with E-state index >= 15 is 0 Å². The molecule has 1 aromatic rings. The minimum Gasteiger partial charge on any atom is -0.494 e. The number of amides is 1. The van der Waals surface area contributed by atoms with Gasteiger partial charge in [0.1, 0.15) is 5.75 Å². The van der Waals surface area contributed by atoms with Crippen LogP contribution in [0, 0.1) is 11.3 Å². The Hall–Kier alpha value is -1.31. The first-order chi connectivity index (χ1) is 14.8. The molecule has 2 fully saturated rings. The van der Waals surface area contributed by atoms with Gasteiger partial charge in [-0.25, -0.2) is 8.42 Å². The predicted molar refractivity (Wildman–Crippen MR) is 122 cm³/mol. The SMILES string of the molecule is O=C(NCC12CCCC(CCC1)C2)c1cc(OCCCS(=O)(=O)CCCO)ccc1Cl. The number of nitrogens with one attached hydrogen (secondary N) is 1. The normalized spacial score (nSPS) is 23.4. The number of rotatable bonds is 11. The molecule has 2 aliphatic rings. The molecule has 0 aromatic heterocycles. The Bertz CT molecular complexity index is 848. The van der Waals surface area contributed by atoms with Gasteiger partial charge in [-0.05, 0) is 61.6 Å². The van der Waals surface area contributed by atoms with Gasteiger partial charge in [0.05, 0.1) is 28.7 Å². The molecule has 0 unspecified atom stereocenters. The largest absolute Gasteiger partial charge is 0.494 e. The maximum Gasteiger partial charge on any atom is 0.252 e. The standard InChI is InChI=1S/C23H34ClNO5S/c24-21-8-7-19(30-12-4-14-31(28,29)13-3-11-26)15-20(21)22(27)25-17-23-9-1-5-18(16-23)6-2-10-23/h7-8,15,18,26H,1-6,9-14,16-17H2,(H,25,27). The van der Waals surface area contributed by atoms with E-state index in [2.05, 4.69) is 5.32 Å². The van der Waals surface area contributed by atoms with Crippen molar-refractivity contribution in [1.82, 2.24) is 5.32 Å². The van der Waals surface area contributed by atoms with Crippen molar-refractivity contribution in [3.05, 3.63) is 28.8 Å². The molecular weight excluding hydrogens is 438 g/mol. The Morgan fingerprint density at radius 3 is 2.61 bits per heavy atom. The summed E-state index contributed by atoms with van der Waals surface area (Å²) in [5.41, 5.74) is 0.619. The van der Waals surface area contributed by atoms with Crippen molar-refractivity contribution in [2.45, 2.75) is 57.8 Å². The Morgan fingerprint density at radius 2 is 1.90 bits per heavy atom. The van der Waals surface area contributed by atoms with Crippen molar-refractivity contribution in [3.8, 4) is 5.75 Å². The van der Waals surface area contributed by atoms with Gasteiger partial charge in [0.2, 0.25) is 0 Å². The fourth-order valence-electron chi connectivity index (χ4n) is 5.06. The van der Waals surface area contributed by atoms with E-state index in [0.717, 1.165) is 5.92 Å². The zero-order chi connectivity index (χ0) is 22.3. The molecule has 0 atom stereocenters. The van der Waals surface area contributed by atoms with E-state index in [0.29, 0.717) is 29.3 Å². The van der Waals surface area contributed by atoms with Gasteiger partial charge in [-0.1, -0.05) is 37.3 Å². The molecule has 2 bridgehead atoms. The van der Waals surface area contributed by atoms with Gasteiger partial charge in [-0.3, -0.25) is 4.79 Å². The van der Waals surface area contributed by atoms with E-state index in [1.54, 1.807) is 18.2 Å². The predicted octanol–water partition coefficient (Wildman–Crippen LogP) is 4.00. The number of benzene rings is 1. The lowest BCUT2D eigenvalue weighted by Gasteiger charge is -2.45. The van der Waals surface area contributed by atoms with Gasteiger partial charge in [0.25, 0.3) is 5.91 Å². The van der Waals surface area contributed by atoms with Crippen LogP contribution in [0.15, 0.2) is 18.2 Å². The molecular formula is C23H34ClNO5S. The highest BCUT2D eigenvalue weighted by atomic mass is 35.5. The van der Waals surface area contributed by atoms with Crippen molar-refractivity contribution < 1.29 is 23.1 Å². The average Bonchev–Trinajstić information content (AvgIpc) is 2.75. The topological polar surface area (TPSA) is 92.7 Å². The molecule has 1 aromatic carbocycles. The van der Waals surface area contributed by atoms with E-state index < -0.39 is 9.84 Å². The maximum absolute atomic E-state index is 12.8. The summed E-state index contributed by atoms with van der Waals surface area (Å²) in [6.45, 7) is 0.786. The van der Waals surface area contributed by atoms with Gasteiger partial charge < -0.3 is 15.2 Å². The summed E-state index contributed by atoms with van der Waals surface area (Å²) in [5.74, 6) is 1.11. The van der Waals surface area contributed by atoms with Crippen LogP contribution in [-0.4, -0.2) is 50.7 Å². The van der Waals surface area contributed by atoms with Crippen LogP contribution in [0.2, 0.25) is 5.02 Å². The molecule has 0 aliphatic heterocycles. The minimum absolute atomic E-state index is 0.0109. The molecule has 0 heterocycles. The zero-order valence-electron chi connectivity index (χ0n) is 18.1. The van der Waals surface area contributed by atoms with Crippen LogP contribution in [-0.2, 0) is 9.84 Å². The van der Waals surface area contributed by atoms with Crippen molar-refractivity contribution in [2.75, 3.05) is 31.3 Å². The summed E-state index contributed by atoms with van der Waals surface area (Å²) in [6.07, 6.45) is 9.32. The van der Waals surface area contributed by atoms with Crippen LogP contribution in [0.4, 0.5) is 0 Å². The lowest BCUT2D eigenvalue weighted by molar-refractivity contribution is 0.0681. The van der Waals surface area contributed by atoms with Crippen molar-refractivity contribution in [2.24, 2.45) is 11.3 Å². The van der Waals surface area contributed by atoms with E-state index in [1.807, 2.05) is 0 Å². The number of aliphatic hydroxyl groups is 1. The molecule has 8 heteroatoms. The van der Waals surface area contributed by atoms with Crippen LogP contribution in [0.3, 0.4) is 0 Å². The van der Waals surface area contributed by atoms with Gasteiger partial charge in [-0.15, -0.1) is 0 Å². The number of aliphatic hydroxyl groups excluding tert-OH is 1. The first-order valence-electron chi connectivity index (χ1n) is 11.3. The summed E-state index contributed by atoms with van der Waals surface area (Å²) in [5, 5.41) is 12.3. The van der Waals surface area contributed by atoms with Gasteiger partial charge >= 0.3 is 0 Å². The summed E-state index contributed by atoms with van der Waals surface area (Å²) >= 11 is 6.27.